The fraction of sp³-hybridized carbons (Fsp3) is 0.800. The van der Waals surface area contributed by atoms with Gasteiger partial charge in [-0.1, -0.05) is 6.92 Å². The number of carbonyl (C=O) groups is 1. The minimum atomic E-state index is -2.37. The molecule has 1 aliphatic heterocycles. The predicted molar refractivity (Wildman–Crippen MR) is 28.9 cm³/mol. The Balaban J connectivity index is 2.72. The van der Waals surface area contributed by atoms with E-state index >= 15 is 0 Å². The van der Waals surface area contributed by atoms with E-state index in [2.05, 4.69) is 4.74 Å². The van der Waals surface area contributed by atoms with Crippen LogP contribution in [0.15, 0.2) is 0 Å². The maximum Gasteiger partial charge on any atom is 0.370 e. The topological polar surface area (TPSA) is 90.3 Å². The molecule has 10 heavy (non-hydrogen) atoms. The molecule has 0 aromatic carbocycles. The first kappa shape index (κ1) is 7.46. The number of aliphatic carboxylic acids is 1. The van der Waals surface area contributed by atoms with Gasteiger partial charge in [0, 0.05) is 6.42 Å². The van der Waals surface area contributed by atoms with Crippen molar-refractivity contribution in [2.24, 2.45) is 0 Å². The Labute approximate surface area is 56.9 Å². The zero-order valence-electron chi connectivity index (χ0n) is 5.37. The molecule has 5 nitrogen and oxygen atoms in total. The van der Waals surface area contributed by atoms with Gasteiger partial charge in [0.1, 0.15) is 0 Å². The third-order valence-corrected chi connectivity index (χ3v) is 1.57. The smallest absolute Gasteiger partial charge is 0.370 e. The molecule has 1 saturated heterocycles. The molecular formula is C5H8O5. The second kappa shape index (κ2) is 1.69. The molecule has 0 amide bonds. The second-order valence-corrected chi connectivity index (χ2v) is 2.19. The molecule has 0 radical (unpaired) electrons. The second-order valence-electron chi connectivity index (χ2n) is 2.19. The summed E-state index contributed by atoms with van der Waals surface area (Å²) in [5.74, 6) is -5.81. The number of carboxylic acid groups (broad SMARTS) is 1. The van der Waals surface area contributed by atoms with Crippen LogP contribution in [0.4, 0.5) is 0 Å². The Morgan fingerprint density at radius 3 is 2.20 bits per heavy atom. The van der Waals surface area contributed by atoms with Crippen LogP contribution >= 0.6 is 0 Å². The molecule has 1 heterocycles. The number of epoxide rings is 1. The molecule has 5 heteroatoms. The lowest BCUT2D eigenvalue weighted by Crippen LogP contribution is -2.33. The average Bonchev–Trinajstić information content (AvgIpc) is 2.39. The fourth-order valence-corrected chi connectivity index (χ4v) is 0.741. The van der Waals surface area contributed by atoms with Gasteiger partial charge in [-0.05, 0) is 0 Å². The van der Waals surface area contributed by atoms with Crippen molar-refractivity contribution in [3.05, 3.63) is 0 Å². The molecule has 2 atom stereocenters. The van der Waals surface area contributed by atoms with E-state index in [1.54, 1.807) is 0 Å². The van der Waals surface area contributed by atoms with Crippen LogP contribution in [0.1, 0.15) is 13.3 Å². The van der Waals surface area contributed by atoms with Gasteiger partial charge in [0.05, 0.1) is 0 Å². The summed E-state index contributed by atoms with van der Waals surface area (Å²) in [5.41, 5.74) is 0. The molecule has 1 rings (SSSR count). The highest BCUT2D eigenvalue weighted by atomic mass is 16.8. The maximum atomic E-state index is 10.1. The molecule has 1 fully saturated rings. The van der Waals surface area contributed by atoms with E-state index < -0.39 is 17.5 Å². The van der Waals surface area contributed by atoms with Crippen molar-refractivity contribution in [3.63, 3.8) is 0 Å². The van der Waals surface area contributed by atoms with Gasteiger partial charge in [0.2, 0.25) is 5.79 Å². The first-order valence-electron chi connectivity index (χ1n) is 2.84. The third-order valence-electron chi connectivity index (χ3n) is 1.57. The first-order valence-corrected chi connectivity index (χ1v) is 2.84. The van der Waals surface area contributed by atoms with E-state index in [-0.39, 0.29) is 6.42 Å². The van der Waals surface area contributed by atoms with Gasteiger partial charge in [0.15, 0.2) is 0 Å². The Hall–Kier alpha value is -0.650. The van der Waals surface area contributed by atoms with Gasteiger partial charge in [-0.3, -0.25) is 4.74 Å². The third kappa shape index (κ3) is 0.650. The van der Waals surface area contributed by atoms with Crippen LogP contribution in [-0.2, 0) is 9.53 Å². The van der Waals surface area contributed by atoms with Crippen LogP contribution in [0.25, 0.3) is 0 Å². The summed E-state index contributed by atoms with van der Waals surface area (Å²) in [6.45, 7) is 1.51. The molecule has 0 spiro atoms. The standard InChI is InChI=1S/C5H8O5/c1-2-4(8)5(9,10-4)3(6)7/h8-9H,2H2,1H3,(H,6,7). The molecule has 0 bridgehead atoms. The van der Waals surface area contributed by atoms with Crippen molar-refractivity contribution < 1.29 is 24.9 Å². The summed E-state index contributed by atoms with van der Waals surface area (Å²) in [5, 5.41) is 26.1. The molecule has 3 N–H and O–H groups in total. The van der Waals surface area contributed by atoms with E-state index in [1.165, 1.54) is 6.92 Å². The number of aliphatic hydroxyl groups is 2. The SMILES string of the molecule is CCC1(O)OC1(O)C(=O)O. The quantitative estimate of drug-likeness (QED) is 0.432. The lowest BCUT2D eigenvalue weighted by atomic mass is 10.1. The van der Waals surface area contributed by atoms with Crippen molar-refractivity contribution in [1.82, 2.24) is 0 Å². The van der Waals surface area contributed by atoms with Crippen molar-refractivity contribution in [2.75, 3.05) is 0 Å². The molecule has 0 aromatic rings. The largest absolute Gasteiger partial charge is 0.477 e. The van der Waals surface area contributed by atoms with Crippen LogP contribution in [0, 0.1) is 0 Å². The van der Waals surface area contributed by atoms with Gasteiger partial charge in [-0.2, -0.15) is 0 Å². The van der Waals surface area contributed by atoms with E-state index in [1.807, 2.05) is 0 Å². The molecule has 0 aliphatic carbocycles. The Bertz CT molecular complexity index is 179. The Morgan fingerprint density at radius 2 is 2.10 bits per heavy atom. The monoisotopic (exact) mass is 148 g/mol. The minimum Gasteiger partial charge on any atom is -0.477 e. The fourth-order valence-electron chi connectivity index (χ4n) is 0.741. The predicted octanol–water partition coefficient (Wildman–Crippen LogP) is -1.11. The first-order chi connectivity index (χ1) is 4.46. The van der Waals surface area contributed by atoms with Gasteiger partial charge in [0.25, 0.3) is 0 Å². The summed E-state index contributed by atoms with van der Waals surface area (Å²) in [4.78, 5) is 10.1. The number of ether oxygens (including phenoxy) is 1. The number of carboxylic acids is 1. The van der Waals surface area contributed by atoms with Gasteiger partial charge < -0.3 is 15.3 Å². The highest BCUT2D eigenvalue weighted by Gasteiger charge is 2.74. The van der Waals surface area contributed by atoms with Crippen molar-refractivity contribution >= 4 is 5.97 Å². The summed E-state index contributed by atoms with van der Waals surface area (Å²) in [6, 6.07) is 0. The Morgan fingerprint density at radius 1 is 1.60 bits per heavy atom. The van der Waals surface area contributed by atoms with Gasteiger partial charge in [-0.25, -0.2) is 4.79 Å². The number of hydrogen-bond donors (Lipinski definition) is 3. The van der Waals surface area contributed by atoms with Crippen LogP contribution in [0.2, 0.25) is 0 Å². The summed E-state index contributed by atoms with van der Waals surface area (Å²) in [6.07, 6.45) is 0.0514. The highest BCUT2D eigenvalue weighted by Crippen LogP contribution is 2.45. The zero-order chi connectivity index (χ0) is 7.99. The number of hydrogen-bond acceptors (Lipinski definition) is 4. The normalized spacial score (nSPS) is 45.1. The van der Waals surface area contributed by atoms with E-state index in [9.17, 15) is 4.79 Å². The van der Waals surface area contributed by atoms with Crippen molar-refractivity contribution in [1.29, 1.82) is 0 Å². The van der Waals surface area contributed by atoms with Crippen LogP contribution in [-0.4, -0.2) is 32.9 Å². The van der Waals surface area contributed by atoms with Crippen LogP contribution in [0.5, 0.6) is 0 Å². The summed E-state index contributed by atoms with van der Waals surface area (Å²) in [7, 11) is 0. The zero-order valence-corrected chi connectivity index (χ0v) is 5.37. The highest BCUT2D eigenvalue weighted by molar-refractivity contribution is 5.79. The van der Waals surface area contributed by atoms with Crippen molar-refractivity contribution in [2.45, 2.75) is 24.9 Å². The lowest BCUT2D eigenvalue weighted by molar-refractivity contribution is -0.158. The molecule has 58 valence electrons. The molecule has 1 aliphatic rings. The molecular weight excluding hydrogens is 140 g/mol. The van der Waals surface area contributed by atoms with E-state index in [0.29, 0.717) is 0 Å². The minimum absolute atomic E-state index is 0.0514. The summed E-state index contributed by atoms with van der Waals surface area (Å²) >= 11 is 0. The van der Waals surface area contributed by atoms with Gasteiger partial charge in [-0.15, -0.1) is 0 Å². The Kier molecular flexibility index (Phi) is 1.26. The van der Waals surface area contributed by atoms with Gasteiger partial charge >= 0.3 is 11.8 Å². The van der Waals surface area contributed by atoms with Crippen molar-refractivity contribution in [3.8, 4) is 0 Å². The van der Waals surface area contributed by atoms with Crippen LogP contribution in [0.3, 0.4) is 0 Å². The molecule has 0 aromatic heterocycles. The maximum absolute atomic E-state index is 10.1. The lowest BCUT2D eigenvalue weighted by Gasteiger charge is -2.01. The number of rotatable bonds is 2. The van der Waals surface area contributed by atoms with E-state index in [4.69, 9.17) is 15.3 Å². The molecule has 2 unspecified atom stereocenters. The molecule has 0 saturated carbocycles. The van der Waals surface area contributed by atoms with Crippen LogP contribution < -0.4 is 0 Å². The average molecular weight is 148 g/mol. The summed E-state index contributed by atoms with van der Waals surface area (Å²) < 4.78 is 4.21. The van der Waals surface area contributed by atoms with E-state index in [0.717, 1.165) is 0 Å².